The second-order valence-electron chi connectivity index (χ2n) is 2.74. The van der Waals surface area contributed by atoms with E-state index in [0.29, 0.717) is 13.0 Å². The van der Waals surface area contributed by atoms with Crippen LogP contribution in [0.3, 0.4) is 0 Å². The predicted molar refractivity (Wildman–Crippen MR) is 44.2 cm³/mol. The lowest BCUT2D eigenvalue weighted by molar-refractivity contribution is -0.119. The van der Waals surface area contributed by atoms with E-state index in [1.54, 1.807) is 0 Å². The number of ether oxygens (including phenoxy) is 1. The number of nitrogens with two attached hydrogens (primary N) is 1. The van der Waals surface area contributed by atoms with Crippen molar-refractivity contribution in [1.82, 2.24) is 5.32 Å². The minimum absolute atomic E-state index is 0.0264. The van der Waals surface area contributed by atoms with Crippen LogP contribution in [0.2, 0.25) is 0 Å². The SMILES string of the molecule is C#CCOC1CNC(C(N)=O)C1. The first-order valence-corrected chi connectivity index (χ1v) is 3.82. The lowest BCUT2D eigenvalue weighted by atomic mass is 10.2. The number of amides is 1. The summed E-state index contributed by atoms with van der Waals surface area (Å²) in [7, 11) is 0. The van der Waals surface area contributed by atoms with Gasteiger partial charge >= 0.3 is 0 Å². The number of hydrogen-bond acceptors (Lipinski definition) is 3. The molecule has 0 aromatic carbocycles. The molecule has 0 bridgehead atoms. The molecule has 1 aliphatic heterocycles. The van der Waals surface area contributed by atoms with Gasteiger partial charge < -0.3 is 15.8 Å². The highest BCUT2D eigenvalue weighted by molar-refractivity contribution is 5.80. The Labute approximate surface area is 71.5 Å². The van der Waals surface area contributed by atoms with Crippen molar-refractivity contribution < 1.29 is 9.53 Å². The van der Waals surface area contributed by atoms with Gasteiger partial charge in [-0.1, -0.05) is 5.92 Å². The van der Waals surface area contributed by atoms with E-state index in [0.717, 1.165) is 0 Å². The minimum Gasteiger partial charge on any atom is -0.368 e. The fourth-order valence-corrected chi connectivity index (χ4v) is 1.21. The van der Waals surface area contributed by atoms with Gasteiger partial charge in [-0.2, -0.15) is 0 Å². The van der Waals surface area contributed by atoms with Gasteiger partial charge in [-0.25, -0.2) is 0 Å². The number of rotatable bonds is 3. The maximum atomic E-state index is 10.7. The molecule has 0 saturated carbocycles. The van der Waals surface area contributed by atoms with Crippen LogP contribution >= 0.6 is 0 Å². The highest BCUT2D eigenvalue weighted by Crippen LogP contribution is 2.09. The fraction of sp³-hybridized carbons (Fsp3) is 0.625. The third-order valence-electron chi connectivity index (χ3n) is 1.84. The largest absolute Gasteiger partial charge is 0.368 e. The normalized spacial score (nSPS) is 28.2. The van der Waals surface area contributed by atoms with E-state index in [4.69, 9.17) is 16.9 Å². The standard InChI is InChI=1S/C8H12N2O2/c1-2-3-12-6-4-7(8(9)11)10-5-6/h1,6-7,10H,3-5H2,(H2,9,11). The summed E-state index contributed by atoms with van der Waals surface area (Å²) in [5, 5.41) is 2.95. The molecule has 0 spiro atoms. The minimum atomic E-state index is -0.332. The van der Waals surface area contributed by atoms with Gasteiger partial charge in [0.15, 0.2) is 0 Å². The number of carbonyl (C=O) groups is 1. The van der Waals surface area contributed by atoms with Crippen LogP contribution in [0.1, 0.15) is 6.42 Å². The Hall–Kier alpha value is -1.05. The molecule has 2 unspecified atom stereocenters. The van der Waals surface area contributed by atoms with Crippen molar-refractivity contribution in [2.24, 2.45) is 5.73 Å². The molecule has 1 amide bonds. The van der Waals surface area contributed by atoms with E-state index in [-0.39, 0.29) is 24.7 Å². The molecule has 4 heteroatoms. The van der Waals surface area contributed by atoms with Crippen LogP contribution in [-0.2, 0) is 9.53 Å². The molecule has 0 aliphatic carbocycles. The van der Waals surface area contributed by atoms with Crippen LogP contribution in [0, 0.1) is 12.3 Å². The molecule has 1 fully saturated rings. The molecule has 1 rings (SSSR count). The van der Waals surface area contributed by atoms with Gasteiger partial charge in [0, 0.05) is 6.54 Å². The summed E-state index contributed by atoms with van der Waals surface area (Å²) < 4.78 is 5.23. The fourth-order valence-electron chi connectivity index (χ4n) is 1.21. The highest BCUT2D eigenvalue weighted by Gasteiger charge is 2.27. The maximum Gasteiger partial charge on any atom is 0.234 e. The van der Waals surface area contributed by atoms with Crippen molar-refractivity contribution in [2.45, 2.75) is 18.6 Å². The molecule has 4 nitrogen and oxygen atoms in total. The summed E-state index contributed by atoms with van der Waals surface area (Å²) in [5.41, 5.74) is 5.09. The zero-order valence-electron chi connectivity index (χ0n) is 6.75. The summed E-state index contributed by atoms with van der Waals surface area (Å²) in [4.78, 5) is 10.7. The molecule has 1 heterocycles. The van der Waals surface area contributed by atoms with Crippen LogP contribution < -0.4 is 11.1 Å². The second kappa shape index (κ2) is 4.10. The molecular weight excluding hydrogens is 156 g/mol. The molecule has 0 aromatic rings. The Kier molecular flexibility index (Phi) is 3.09. The van der Waals surface area contributed by atoms with Crippen LogP contribution in [-0.4, -0.2) is 31.2 Å². The third-order valence-corrected chi connectivity index (χ3v) is 1.84. The Morgan fingerprint density at radius 3 is 3.08 bits per heavy atom. The van der Waals surface area contributed by atoms with E-state index in [1.807, 2.05) is 0 Å². The monoisotopic (exact) mass is 168 g/mol. The quantitative estimate of drug-likeness (QED) is 0.523. The summed E-state index contributed by atoms with van der Waals surface area (Å²) in [6.45, 7) is 0.938. The number of nitrogens with one attached hydrogen (secondary N) is 1. The smallest absolute Gasteiger partial charge is 0.234 e. The van der Waals surface area contributed by atoms with Crippen LogP contribution in [0.15, 0.2) is 0 Å². The van der Waals surface area contributed by atoms with Crippen molar-refractivity contribution in [3.63, 3.8) is 0 Å². The molecular formula is C8H12N2O2. The summed E-state index contributed by atoms with van der Waals surface area (Å²) in [6, 6.07) is -0.257. The third kappa shape index (κ3) is 2.22. The van der Waals surface area contributed by atoms with Crippen molar-refractivity contribution in [2.75, 3.05) is 13.2 Å². The molecule has 3 N–H and O–H groups in total. The molecule has 0 aromatic heterocycles. The van der Waals surface area contributed by atoms with Gasteiger partial charge in [0.05, 0.1) is 12.1 Å². The van der Waals surface area contributed by atoms with E-state index in [2.05, 4.69) is 11.2 Å². The number of hydrogen-bond donors (Lipinski definition) is 2. The van der Waals surface area contributed by atoms with Crippen molar-refractivity contribution >= 4 is 5.91 Å². The summed E-state index contributed by atoms with van der Waals surface area (Å²) >= 11 is 0. The van der Waals surface area contributed by atoms with Gasteiger partial charge in [-0.05, 0) is 6.42 Å². The Bertz CT molecular complexity index is 210. The first-order chi connectivity index (χ1) is 5.74. The molecule has 66 valence electrons. The highest BCUT2D eigenvalue weighted by atomic mass is 16.5. The average Bonchev–Trinajstić information content (AvgIpc) is 2.48. The maximum absolute atomic E-state index is 10.7. The summed E-state index contributed by atoms with van der Waals surface area (Å²) in [6.07, 6.45) is 5.66. The second-order valence-corrected chi connectivity index (χ2v) is 2.74. The van der Waals surface area contributed by atoms with Gasteiger partial charge in [-0.15, -0.1) is 6.42 Å². The topological polar surface area (TPSA) is 64.3 Å². The molecule has 1 aliphatic rings. The lowest BCUT2D eigenvalue weighted by Gasteiger charge is -2.06. The zero-order valence-corrected chi connectivity index (χ0v) is 6.75. The predicted octanol–water partition coefficient (Wildman–Crippen LogP) is -1.15. The van der Waals surface area contributed by atoms with Crippen molar-refractivity contribution in [1.29, 1.82) is 0 Å². The average molecular weight is 168 g/mol. The zero-order chi connectivity index (χ0) is 8.97. The first-order valence-electron chi connectivity index (χ1n) is 3.82. The van der Waals surface area contributed by atoms with Crippen LogP contribution in [0.4, 0.5) is 0 Å². The number of carbonyl (C=O) groups excluding carboxylic acids is 1. The summed E-state index contributed by atoms with van der Waals surface area (Å²) in [5.74, 6) is 2.04. The Balaban J connectivity index is 2.27. The molecule has 12 heavy (non-hydrogen) atoms. The molecule has 2 atom stereocenters. The van der Waals surface area contributed by atoms with Crippen LogP contribution in [0.25, 0.3) is 0 Å². The Morgan fingerprint density at radius 2 is 2.58 bits per heavy atom. The van der Waals surface area contributed by atoms with Crippen LogP contribution in [0.5, 0.6) is 0 Å². The van der Waals surface area contributed by atoms with Gasteiger partial charge in [0.25, 0.3) is 0 Å². The molecule has 0 radical (unpaired) electrons. The van der Waals surface area contributed by atoms with Crippen molar-refractivity contribution in [3.8, 4) is 12.3 Å². The number of terminal acetylenes is 1. The number of primary amides is 1. The van der Waals surface area contributed by atoms with E-state index in [1.165, 1.54) is 0 Å². The molecule has 1 saturated heterocycles. The van der Waals surface area contributed by atoms with E-state index >= 15 is 0 Å². The van der Waals surface area contributed by atoms with Gasteiger partial charge in [-0.3, -0.25) is 4.79 Å². The van der Waals surface area contributed by atoms with Gasteiger partial charge in [0.1, 0.15) is 6.61 Å². The van der Waals surface area contributed by atoms with E-state index < -0.39 is 0 Å². The van der Waals surface area contributed by atoms with E-state index in [9.17, 15) is 4.79 Å². The first kappa shape index (κ1) is 9.04. The lowest BCUT2D eigenvalue weighted by Crippen LogP contribution is -2.36. The van der Waals surface area contributed by atoms with Crippen molar-refractivity contribution in [3.05, 3.63) is 0 Å². The Morgan fingerprint density at radius 1 is 1.83 bits per heavy atom. The van der Waals surface area contributed by atoms with Gasteiger partial charge in [0.2, 0.25) is 5.91 Å².